The first-order valence-corrected chi connectivity index (χ1v) is 6.38. The first-order chi connectivity index (χ1) is 7.95. The summed E-state index contributed by atoms with van der Waals surface area (Å²) < 4.78 is 0. The monoisotopic (exact) mass is 238 g/mol. The van der Waals surface area contributed by atoms with Gasteiger partial charge in [0.25, 0.3) is 0 Å². The molecule has 3 nitrogen and oxygen atoms in total. The SMILES string of the molecule is C#CCC(CC)NC(=O)CCC(C)(C)CCN. The number of carbonyl (C=O) groups is 1. The van der Waals surface area contributed by atoms with Crippen molar-refractivity contribution in [2.24, 2.45) is 11.1 Å². The van der Waals surface area contributed by atoms with Crippen LogP contribution in [0.5, 0.6) is 0 Å². The van der Waals surface area contributed by atoms with Gasteiger partial charge in [0.2, 0.25) is 5.91 Å². The molecule has 17 heavy (non-hydrogen) atoms. The Balaban J connectivity index is 3.98. The summed E-state index contributed by atoms with van der Waals surface area (Å²) in [7, 11) is 0. The van der Waals surface area contributed by atoms with Crippen LogP contribution in [0, 0.1) is 17.8 Å². The number of nitrogens with one attached hydrogen (secondary N) is 1. The lowest BCUT2D eigenvalue weighted by molar-refractivity contribution is -0.122. The van der Waals surface area contributed by atoms with Crippen LogP contribution in [0.1, 0.15) is 52.9 Å². The van der Waals surface area contributed by atoms with Crippen molar-refractivity contribution >= 4 is 5.91 Å². The van der Waals surface area contributed by atoms with Crippen molar-refractivity contribution in [2.75, 3.05) is 6.54 Å². The standard InChI is InChI=1S/C14H26N2O/c1-5-7-12(6-2)16-13(17)8-9-14(3,4)10-11-15/h1,12H,6-11,15H2,2-4H3,(H,16,17). The largest absolute Gasteiger partial charge is 0.352 e. The summed E-state index contributed by atoms with van der Waals surface area (Å²) >= 11 is 0. The Morgan fingerprint density at radius 3 is 2.59 bits per heavy atom. The third-order valence-electron chi connectivity index (χ3n) is 3.07. The first-order valence-electron chi connectivity index (χ1n) is 6.38. The number of amides is 1. The molecule has 0 fully saturated rings. The lowest BCUT2D eigenvalue weighted by Gasteiger charge is -2.24. The average molecular weight is 238 g/mol. The van der Waals surface area contributed by atoms with Crippen LogP contribution >= 0.6 is 0 Å². The van der Waals surface area contributed by atoms with Crippen molar-refractivity contribution in [1.82, 2.24) is 5.32 Å². The van der Waals surface area contributed by atoms with Gasteiger partial charge < -0.3 is 11.1 Å². The fourth-order valence-electron chi connectivity index (χ4n) is 1.71. The van der Waals surface area contributed by atoms with Gasteiger partial charge in [-0.2, -0.15) is 0 Å². The number of hydrogen-bond acceptors (Lipinski definition) is 2. The van der Waals surface area contributed by atoms with Crippen molar-refractivity contribution < 1.29 is 4.79 Å². The second-order valence-electron chi connectivity index (χ2n) is 5.28. The Morgan fingerprint density at radius 1 is 1.47 bits per heavy atom. The highest BCUT2D eigenvalue weighted by Crippen LogP contribution is 2.25. The van der Waals surface area contributed by atoms with E-state index in [0.29, 0.717) is 19.4 Å². The van der Waals surface area contributed by atoms with Gasteiger partial charge >= 0.3 is 0 Å². The molecule has 0 aromatic heterocycles. The molecule has 0 heterocycles. The summed E-state index contributed by atoms with van der Waals surface area (Å²) in [6, 6.07) is 0.116. The predicted octanol–water partition coefficient (Wildman–Crippen LogP) is 2.06. The van der Waals surface area contributed by atoms with Crippen LogP contribution in [0.3, 0.4) is 0 Å². The molecule has 0 aliphatic rings. The molecule has 0 aliphatic carbocycles. The van der Waals surface area contributed by atoms with Crippen molar-refractivity contribution in [1.29, 1.82) is 0 Å². The summed E-state index contributed by atoms with van der Waals surface area (Å²) in [4.78, 5) is 11.7. The summed E-state index contributed by atoms with van der Waals surface area (Å²) in [6.07, 6.45) is 9.09. The molecule has 0 aromatic carbocycles. The van der Waals surface area contributed by atoms with Gasteiger partial charge in [-0.1, -0.05) is 20.8 Å². The van der Waals surface area contributed by atoms with Gasteiger partial charge in [0.15, 0.2) is 0 Å². The third kappa shape index (κ3) is 7.82. The molecule has 3 N–H and O–H groups in total. The van der Waals surface area contributed by atoms with Gasteiger partial charge in [-0.25, -0.2) is 0 Å². The minimum atomic E-state index is 0.0946. The molecule has 0 aliphatic heterocycles. The van der Waals surface area contributed by atoms with Gasteiger partial charge in [-0.05, 0) is 31.2 Å². The van der Waals surface area contributed by atoms with Gasteiger partial charge in [-0.3, -0.25) is 4.79 Å². The second-order valence-corrected chi connectivity index (χ2v) is 5.28. The predicted molar refractivity (Wildman–Crippen MR) is 72.4 cm³/mol. The van der Waals surface area contributed by atoms with Crippen LogP contribution in [0.15, 0.2) is 0 Å². The maximum atomic E-state index is 11.7. The summed E-state index contributed by atoms with van der Waals surface area (Å²) in [5, 5.41) is 2.97. The highest BCUT2D eigenvalue weighted by molar-refractivity contribution is 5.76. The quantitative estimate of drug-likeness (QED) is 0.636. The third-order valence-corrected chi connectivity index (χ3v) is 3.07. The zero-order chi connectivity index (χ0) is 13.3. The topological polar surface area (TPSA) is 55.1 Å². The molecule has 0 radical (unpaired) electrons. The van der Waals surface area contributed by atoms with Crippen LogP contribution in [0.2, 0.25) is 0 Å². The maximum absolute atomic E-state index is 11.7. The molecule has 1 atom stereocenters. The maximum Gasteiger partial charge on any atom is 0.220 e. The highest BCUT2D eigenvalue weighted by atomic mass is 16.1. The number of carbonyl (C=O) groups excluding carboxylic acids is 1. The van der Waals surface area contributed by atoms with Crippen molar-refractivity contribution in [3.05, 3.63) is 0 Å². The molecule has 1 unspecified atom stereocenters. The van der Waals surface area contributed by atoms with Crippen molar-refractivity contribution in [3.63, 3.8) is 0 Å². The fourth-order valence-corrected chi connectivity index (χ4v) is 1.71. The number of nitrogens with two attached hydrogens (primary N) is 1. The van der Waals surface area contributed by atoms with Gasteiger partial charge in [0.1, 0.15) is 0 Å². The van der Waals surface area contributed by atoms with E-state index in [9.17, 15) is 4.79 Å². The van der Waals surface area contributed by atoms with E-state index in [4.69, 9.17) is 12.2 Å². The number of terminal acetylenes is 1. The molecule has 98 valence electrons. The lowest BCUT2D eigenvalue weighted by Crippen LogP contribution is -2.34. The minimum absolute atomic E-state index is 0.0946. The van der Waals surface area contributed by atoms with E-state index in [1.165, 1.54) is 0 Å². The highest BCUT2D eigenvalue weighted by Gasteiger charge is 2.19. The zero-order valence-electron chi connectivity index (χ0n) is 11.4. The zero-order valence-corrected chi connectivity index (χ0v) is 11.4. The average Bonchev–Trinajstić information content (AvgIpc) is 2.26. The van der Waals surface area contributed by atoms with Gasteiger partial charge in [0, 0.05) is 18.9 Å². The van der Waals surface area contributed by atoms with E-state index in [-0.39, 0.29) is 17.4 Å². The summed E-state index contributed by atoms with van der Waals surface area (Å²) in [5.41, 5.74) is 5.68. The van der Waals surface area contributed by atoms with E-state index in [2.05, 4.69) is 25.1 Å². The summed E-state index contributed by atoms with van der Waals surface area (Å²) in [5.74, 6) is 2.68. The molecule has 0 rings (SSSR count). The Hall–Kier alpha value is -1.01. The van der Waals surface area contributed by atoms with Crippen LogP contribution in [-0.4, -0.2) is 18.5 Å². The van der Waals surface area contributed by atoms with Crippen molar-refractivity contribution in [2.45, 2.75) is 58.9 Å². The number of hydrogen-bond donors (Lipinski definition) is 2. The van der Waals surface area contributed by atoms with Gasteiger partial charge in [0.05, 0.1) is 0 Å². The van der Waals surface area contributed by atoms with Crippen LogP contribution in [0.4, 0.5) is 0 Å². The number of rotatable bonds is 8. The lowest BCUT2D eigenvalue weighted by atomic mass is 9.84. The Bertz CT molecular complexity index is 266. The molecular weight excluding hydrogens is 212 g/mol. The van der Waals surface area contributed by atoms with E-state index in [0.717, 1.165) is 19.3 Å². The fraction of sp³-hybridized carbons (Fsp3) is 0.786. The van der Waals surface area contributed by atoms with Crippen LogP contribution in [0.25, 0.3) is 0 Å². The molecule has 0 spiro atoms. The van der Waals surface area contributed by atoms with E-state index >= 15 is 0 Å². The molecule has 0 bridgehead atoms. The molecule has 3 heteroatoms. The molecule has 0 aromatic rings. The van der Waals surface area contributed by atoms with E-state index in [1.807, 2.05) is 6.92 Å². The molecule has 0 saturated carbocycles. The Kier molecular flexibility index (Phi) is 7.65. The van der Waals surface area contributed by atoms with E-state index in [1.54, 1.807) is 0 Å². The Morgan fingerprint density at radius 2 is 2.12 bits per heavy atom. The van der Waals surface area contributed by atoms with Crippen molar-refractivity contribution in [3.8, 4) is 12.3 Å². The summed E-state index contributed by atoms with van der Waals surface area (Å²) in [6.45, 7) is 6.99. The van der Waals surface area contributed by atoms with Crippen LogP contribution in [-0.2, 0) is 4.79 Å². The Labute approximate surface area is 106 Å². The first kappa shape index (κ1) is 16.0. The van der Waals surface area contributed by atoms with Gasteiger partial charge in [-0.15, -0.1) is 12.3 Å². The van der Waals surface area contributed by atoms with E-state index < -0.39 is 0 Å². The minimum Gasteiger partial charge on any atom is -0.352 e. The normalized spacial score (nSPS) is 12.9. The molecular formula is C14H26N2O. The smallest absolute Gasteiger partial charge is 0.220 e. The second kappa shape index (κ2) is 8.14. The molecule has 0 saturated heterocycles. The van der Waals surface area contributed by atoms with Crippen LogP contribution < -0.4 is 11.1 Å². The molecule has 1 amide bonds.